The number of ether oxygens (including phenoxy) is 1. The molecule has 17 heavy (non-hydrogen) atoms. The third-order valence-electron chi connectivity index (χ3n) is 3.20. The zero-order valence-corrected chi connectivity index (χ0v) is 9.84. The molecule has 1 saturated heterocycles. The zero-order valence-electron chi connectivity index (χ0n) is 9.84. The van der Waals surface area contributed by atoms with Gasteiger partial charge < -0.3 is 9.64 Å². The Morgan fingerprint density at radius 2 is 1.71 bits per heavy atom. The van der Waals surface area contributed by atoms with Crippen LogP contribution in [0.3, 0.4) is 0 Å². The van der Waals surface area contributed by atoms with Crippen molar-refractivity contribution in [3.63, 3.8) is 0 Å². The lowest BCUT2D eigenvalue weighted by Crippen LogP contribution is -1.93. The third-order valence-corrected chi connectivity index (χ3v) is 3.20. The van der Waals surface area contributed by atoms with Gasteiger partial charge in [-0.15, -0.1) is 0 Å². The number of methoxy groups -OCH3 is 1. The number of hydrogen-bond donors (Lipinski definition) is 0. The third kappa shape index (κ3) is 1.98. The van der Waals surface area contributed by atoms with Crippen molar-refractivity contribution in [3.05, 3.63) is 60.2 Å². The first-order chi connectivity index (χ1) is 8.38. The standard InChI is InChI=1S/C15H15NO/c1-17-14-9-7-12(8-10-14)15-11-16(15)13-5-3-2-4-6-13/h2-10,15H,11H2,1H3. The first-order valence-corrected chi connectivity index (χ1v) is 5.84. The lowest BCUT2D eigenvalue weighted by molar-refractivity contribution is 0.414. The molecule has 0 bridgehead atoms. The maximum Gasteiger partial charge on any atom is 0.118 e. The van der Waals surface area contributed by atoms with Crippen LogP contribution in [0.15, 0.2) is 54.6 Å². The van der Waals surface area contributed by atoms with Crippen molar-refractivity contribution in [2.24, 2.45) is 0 Å². The van der Waals surface area contributed by atoms with Crippen LogP contribution < -0.4 is 9.64 Å². The van der Waals surface area contributed by atoms with Crippen LogP contribution in [0.25, 0.3) is 0 Å². The summed E-state index contributed by atoms with van der Waals surface area (Å²) in [6, 6.07) is 19.4. The minimum atomic E-state index is 0.531. The summed E-state index contributed by atoms with van der Waals surface area (Å²) < 4.78 is 5.17. The maximum absolute atomic E-state index is 5.17. The van der Waals surface area contributed by atoms with Gasteiger partial charge in [-0.2, -0.15) is 0 Å². The molecule has 2 nitrogen and oxygen atoms in total. The van der Waals surface area contributed by atoms with E-state index in [1.54, 1.807) is 7.11 Å². The first-order valence-electron chi connectivity index (χ1n) is 5.84. The first kappa shape index (κ1) is 10.2. The minimum Gasteiger partial charge on any atom is -0.497 e. The molecule has 1 heterocycles. The van der Waals surface area contributed by atoms with E-state index in [1.165, 1.54) is 11.3 Å². The number of anilines is 1. The molecule has 0 aliphatic carbocycles. The van der Waals surface area contributed by atoms with Crippen LogP contribution in [0, 0.1) is 0 Å². The summed E-state index contributed by atoms with van der Waals surface area (Å²) >= 11 is 0. The van der Waals surface area contributed by atoms with E-state index in [1.807, 2.05) is 12.1 Å². The average Bonchev–Trinajstić information content (AvgIpc) is 3.20. The SMILES string of the molecule is COc1ccc(C2CN2c2ccccc2)cc1. The van der Waals surface area contributed by atoms with Crippen LogP contribution in [0.1, 0.15) is 11.6 Å². The molecule has 86 valence electrons. The summed E-state index contributed by atoms with van der Waals surface area (Å²) in [5.41, 5.74) is 2.66. The second kappa shape index (κ2) is 4.13. The summed E-state index contributed by atoms with van der Waals surface area (Å²) in [6.45, 7) is 1.11. The van der Waals surface area contributed by atoms with Crippen LogP contribution in [-0.2, 0) is 0 Å². The van der Waals surface area contributed by atoms with Gasteiger partial charge in [-0.05, 0) is 29.8 Å². The van der Waals surface area contributed by atoms with Gasteiger partial charge in [0.05, 0.1) is 13.2 Å². The van der Waals surface area contributed by atoms with E-state index in [-0.39, 0.29) is 0 Å². The summed E-state index contributed by atoms with van der Waals surface area (Å²) in [5.74, 6) is 0.917. The van der Waals surface area contributed by atoms with Gasteiger partial charge in [0.1, 0.15) is 5.75 Å². The molecule has 0 N–H and O–H groups in total. The minimum absolute atomic E-state index is 0.531. The van der Waals surface area contributed by atoms with Crippen molar-refractivity contribution in [2.45, 2.75) is 6.04 Å². The Bertz CT molecular complexity index is 492. The Morgan fingerprint density at radius 3 is 2.35 bits per heavy atom. The van der Waals surface area contributed by atoms with Crippen molar-refractivity contribution in [3.8, 4) is 5.75 Å². The quantitative estimate of drug-likeness (QED) is 0.743. The highest BCUT2D eigenvalue weighted by molar-refractivity contribution is 5.56. The van der Waals surface area contributed by atoms with Crippen molar-refractivity contribution >= 4 is 5.69 Å². The number of hydrogen-bond acceptors (Lipinski definition) is 2. The molecule has 0 spiro atoms. The Kier molecular flexibility index (Phi) is 2.48. The predicted octanol–water partition coefficient (Wildman–Crippen LogP) is 3.26. The second-order valence-electron chi connectivity index (χ2n) is 4.28. The van der Waals surface area contributed by atoms with Crippen molar-refractivity contribution in [1.29, 1.82) is 0 Å². The van der Waals surface area contributed by atoms with E-state index in [0.717, 1.165) is 12.3 Å². The van der Waals surface area contributed by atoms with Gasteiger partial charge in [-0.3, -0.25) is 0 Å². The summed E-state index contributed by atoms with van der Waals surface area (Å²) in [5, 5.41) is 0. The predicted molar refractivity (Wildman–Crippen MR) is 69.5 cm³/mol. The number of benzene rings is 2. The van der Waals surface area contributed by atoms with Gasteiger partial charge in [0.2, 0.25) is 0 Å². The van der Waals surface area contributed by atoms with Gasteiger partial charge >= 0.3 is 0 Å². The molecule has 2 heteroatoms. The van der Waals surface area contributed by atoms with E-state index in [0.29, 0.717) is 6.04 Å². The highest BCUT2D eigenvalue weighted by atomic mass is 16.5. The summed E-state index contributed by atoms with van der Waals surface area (Å²) in [6.07, 6.45) is 0. The summed E-state index contributed by atoms with van der Waals surface area (Å²) in [7, 11) is 1.70. The fourth-order valence-electron chi connectivity index (χ4n) is 2.16. The zero-order chi connectivity index (χ0) is 11.7. The van der Waals surface area contributed by atoms with Crippen LogP contribution in [-0.4, -0.2) is 13.7 Å². The molecule has 1 atom stereocenters. The molecule has 0 radical (unpaired) electrons. The topological polar surface area (TPSA) is 12.2 Å². The van der Waals surface area contributed by atoms with Crippen molar-refractivity contribution < 1.29 is 4.74 Å². The van der Waals surface area contributed by atoms with Gasteiger partial charge in [0.25, 0.3) is 0 Å². The molecule has 1 fully saturated rings. The molecule has 2 aromatic rings. The molecule has 1 unspecified atom stereocenters. The molecule has 1 aliphatic rings. The lowest BCUT2D eigenvalue weighted by Gasteiger charge is -2.06. The van der Waals surface area contributed by atoms with Gasteiger partial charge in [0, 0.05) is 12.2 Å². The molecule has 0 saturated carbocycles. The normalized spacial score (nSPS) is 17.9. The molecular weight excluding hydrogens is 210 g/mol. The monoisotopic (exact) mass is 225 g/mol. The molecule has 0 amide bonds. The maximum atomic E-state index is 5.17. The highest BCUT2D eigenvalue weighted by Gasteiger charge is 2.35. The summed E-state index contributed by atoms with van der Waals surface area (Å²) in [4.78, 5) is 2.39. The Hall–Kier alpha value is -1.96. The van der Waals surface area contributed by atoms with E-state index < -0.39 is 0 Å². The molecule has 2 aromatic carbocycles. The Balaban J connectivity index is 1.76. The highest BCUT2D eigenvalue weighted by Crippen LogP contribution is 2.39. The number of rotatable bonds is 3. The van der Waals surface area contributed by atoms with E-state index in [9.17, 15) is 0 Å². The van der Waals surface area contributed by atoms with E-state index >= 15 is 0 Å². The number of para-hydroxylation sites is 1. The molecule has 3 rings (SSSR count). The van der Waals surface area contributed by atoms with Gasteiger partial charge in [-0.1, -0.05) is 30.3 Å². The van der Waals surface area contributed by atoms with Crippen LogP contribution in [0.4, 0.5) is 5.69 Å². The fraction of sp³-hybridized carbons (Fsp3) is 0.200. The van der Waals surface area contributed by atoms with E-state index in [4.69, 9.17) is 4.74 Å². The van der Waals surface area contributed by atoms with Crippen molar-refractivity contribution in [2.75, 3.05) is 18.6 Å². The molecule has 0 aromatic heterocycles. The average molecular weight is 225 g/mol. The van der Waals surface area contributed by atoms with Crippen LogP contribution in [0.5, 0.6) is 5.75 Å². The van der Waals surface area contributed by atoms with Gasteiger partial charge in [-0.25, -0.2) is 0 Å². The van der Waals surface area contributed by atoms with Crippen LogP contribution in [0.2, 0.25) is 0 Å². The van der Waals surface area contributed by atoms with Gasteiger partial charge in [0.15, 0.2) is 0 Å². The fourth-order valence-corrected chi connectivity index (χ4v) is 2.16. The van der Waals surface area contributed by atoms with Crippen LogP contribution >= 0.6 is 0 Å². The molecular formula is C15H15NO. The van der Waals surface area contributed by atoms with E-state index in [2.05, 4.69) is 47.4 Å². The smallest absolute Gasteiger partial charge is 0.118 e. The largest absolute Gasteiger partial charge is 0.497 e. The lowest BCUT2D eigenvalue weighted by atomic mass is 10.1. The number of nitrogens with zero attached hydrogens (tertiary/aromatic N) is 1. The molecule has 1 aliphatic heterocycles. The Labute approximate surface area is 101 Å². The second-order valence-corrected chi connectivity index (χ2v) is 4.28. The van der Waals surface area contributed by atoms with Crippen molar-refractivity contribution in [1.82, 2.24) is 0 Å². The Morgan fingerprint density at radius 1 is 1.00 bits per heavy atom.